The molecule has 5 fully saturated rings. The zero-order valence-electron chi connectivity index (χ0n) is 21.8. The summed E-state index contributed by atoms with van der Waals surface area (Å²) >= 11 is 0. The van der Waals surface area contributed by atoms with E-state index in [1.54, 1.807) is 0 Å². The van der Waals surface area contributed by atoms with Crippen LogP contribution >= 0.6 is 0 Å². The maximum atomic E-state index is 10.9. The predicted molar refractivity (Wildman–Crippen MR) is 130 cm³/mol. The van der Waals surface area contributed by atoms with Crippen molar-refractivity contribution in [2.45, 2.75) is 112 Å². The van der Waals surface area contributed by atoms with Crippen molar-refractivity contribution in [3.05, 3.63) is 12.2 Å². The lowest BCUT2D eigenvalue weighted by molar-refractivity contribution is -0.276. The number of ether oxygens (including phenoxy) is 1. The standard InChI is InChI=1S/C30H48O2/c1-19-24-20-8-9-22-26(4)12-11-23(31)25(2,3)21(26)10-13-28(22,6)27(20,5)14-16-30(24)17-15-29(19,7)32-18-30/h15,17,19-24,31H,8-14,16,18H2,1-7H3/t19-,20+,21-,22+,23-,24+,26-,27+,28+,29-,30-/m0/s1. The molecule has 2 heterocycles. The molecule has 2 bridgehead atoms. The molecule has 0 amide bonds. The first-order valence-electron chi connectivity index (χ1n) is 13.9. The van der Waals surface area contributed by atoms with Crippen LogP contribution < -0.4 is 0 Å². The van der Waals surface area contributed by atoms with Crippen molar-refractivity contribution in [3.8, 4) is 0 Å². The van der Waals surface area contributed by atoms with Crippen LogP contribution in [0, 0.1) is 56.7 Å². The second-order valence-electron chi connectivity index (χ2n) is 14.9. The molecule has 180 valence electrons. The molecule has 0 aromatic heterocycles. The van der Waals surface area contributed by atoms with Crippen LogP contribution in [0.3, 0.4) is 0 Å². The van der Waals surface area contributed by atoms with Crippen LogP contribution in [-0.2, 0) is 4.74 Å². The lowest BCUT2D eigenvalue weighted by atomic mass is 9.31. The molecule has 32 heavy (non-hydrogen) atoms. The summed E-state index contributed by atoms with van der Waals surface area (Å²) in [4.78, 5) is 0. The zero-order chi connectivity index (χ0) is 22.9. The highest BCUT2D eigenvalue weighted by Gasteiger charge is 2.71. The van der Waals surface area contributed by atoms with E-state index in [1.165, 1.54) is 44.9 Å². The highest BCUT2D eigenvalue weighted by atomic mass is 16.5. The van der Waals surface area contributed by atoms with Gasteiger partial charge in [0.15, 0.2) is 0 Å². The van der Waals surface area contributed by atoms with Crippen molar-refractivity contribution >= 4 is 0 Å². The first-order valence-corrected chi connectivity index (χ1v) is 13.9. The van der Waals surface area contributed by atoms with E-state index in [1.807, 2.05) is 0 Å². The predicted octanol–water partition coefficient (Wildman–Crippen LogP) is 7.01. The maximum Gasteiger partial charge on any atom is 0.0863 e. The molecule has 0 unspecified atom stereocenters. The fraction of sp³-hybridized carbons (Fsp3) is 0.933. The van der Waals surface area contributed by atoms with Gasteiger partial charge in [-0.3, -0.25) is 0 Å². The third-order valence-corrected chi connectivity index (χ3v) is 14.0. The Morgan fingerprint density at radius 2 is 1.53 bits per heavy atom. The fourth-order valence-corrected chi connectivity index (χ4v) is 11.6. The van der Waals surface area contributed by atoms with Crippen LogP contribution in [0.15, 0.2) is 12.2 Å². The lowest BCUT2D eigenvalue weighted by Gasteiger charge is -2.74. The third-order valence-electron chi connectivity index (χ3n) is 14.0. The van der Waals surface area contributed by atoms with Crippen molar-refractivity contribution < 1.29 is 9.84 Å². The summed E-state index contributed by atoms with van der Waals surface area (Å²) in [6.07, 6.45) is 15.3. The number of rotatable bonds is 0. The molecule has 7 rings (SSSR count). The van der Waals surface area contributed by atoms with E-state index in [9.17, 15) is 5.11 Å². The zero-order valence-corrected chi connectivity index (χ0v) is 21.8. The summed E-state index contributed by atoms with van der Waals surface area (Å²) in [6, 6.07) is 0. The second kappa shape index (κ2) is 6.26. The van der Waals surface area contributed by atoms with E-state index in [0.717, 1.165) is 30.8 Å². The quantitative estimate of drug-likeness (QED) is 0.410. The minimum Gasteiger partial charge on any atom is -0.393 e. The molecular weight excluding hydrogens is 392 g/mol. The molecule has 7 aliphatic rings. The summed E-state index contributed by atoms with van der Waals surface area (Å²) in [6.45, 7) is 18.6. The van der Waals surface area contributed by atoms with Gasteiger partial charge in [0, 0.05) is 5.41 Å². The normalized spacial score (nSPS) is 62.5. The van der Waals surface area contributed by atoms with Crippen molar-refractivity contribution in [1.29, 1.82) is 0 Å². The molecule has 5 aliphatic carbocycles. The largest absolute Gasteiger partial charge is 0.393 e. The Balaban J connectivity index is 1.40. The molecule has 1 saturated heterocycles. The monoisotopic (exact) mass is 440 g/mol. The Hall–Kier alpha value is -0.340. The topological polar surface area (TPSA) is 29.5 Å². The van der Waals surface area contributed by atoms with Crippen molar-refractivity contribution in [2.24, 2.45) is 56.7 Å². The minimum atomic E-state index is -0.127. The van der Waals surface area contributed by atoms with Gasteiger partial charge in [-0.1, -0.05) is 53.7 Å². The highest BCUT2D eigenvalue weighted by Crippen LogP contribution is 2.77. The molecule has 0 aromatic carbocycles. The van der Waals surface area contributed by atoms with Crippen molar-refractivity contribution in [3.63, 3.8) is 0 Å². The van der Waals surface area contributed by atoms with Crippen molar-refractivity contribution in [1.82, 2.24) is 0 Å². The minimum absolute atomic E-state index is 0.0521. The molecule has 11 atom stereocenters. The van der Waals surface area contributed by atoms with Gasteiger partial charge in [-0.15, -0.1) is 0 Å². The van der Waals surface area contributed by atoms with Crippen LogP contribution in [-0.4, -0.2) is 23.4 Å². The van der Waals surface area contributed by atoms with Crippen molar-refractivity contribution in [2.75, 3.05) is 6.61 Å². The second-order valence-corrected chi connectivity index (χ2v) is 14.9. The van der Waals surface area contributed by atoms with Crippen LogP contribution in [0.1, 0.15) is 99.8 Å². The van der Waals surface area contributed by atoms with Gasteiger partial charge in [-0.25, -0.2) is 0 Å². The summed E-state index contributed by atoms with van der Waals surface area (Å²) in [5.41, 5.74) is 1.51. The Morgan fingerprint density at radius 3 is 2.22 bits per heavy atom. The molecule has 1 N–H and O–H groups in total. The van der Waals surface area contributed by atoms with Crippen LogP contribution in [0.4, 0.5) is 0 Å². The Labute approximate surface area is 197 Å². The molecule has 2 aliphatic heterocycles. The van der Waals surface area contributed by atoms with Gasteiger partial charge in [0.25, 0.3) is 0 Å². The van der Waals surface area contributed by atoms with E-state index in [-0.39, 0.29) is 17.1 Å². The number of fused-ring (bicyclic) bond motifs is 6. The first-order chi connectivity index (χ1) is 14.8. The van der Waals surface area contributed by atoms with Crippen LogP contribution in [0.5, 0.6) is 0 Å². The lowest BCUT2D eigenvalue weighted by Crippen LogP contribution is -2.69. The Kier molecular flexibility index (Phi) is 4.33. The maximum absolute atomic E-state index is 10.9. The Bertz CT molecular complexity index is 846. The number of hydrogen-bond acceptors (Lipinski definition) is 2. The SMILES string of the molecule is C[C@H]1[C@@H]2[C@H]3CC[C@@H]4[C@@]5(C)CC[C@H](O)C(C)(C)[C@@H]5CC[C@@]4(C)[C@]3(C)CC[C@@]23C=C[C@]1(C)OC3. The summed E-state index contributed by atoms with van der Waals surface area (Å²) in [5.74, 6) is 3.67. The van der Waals surface area contributed by atoms with E-state index in [2.05, 4.69) is 60.6 Å². The number of hydrogen-bond donors (Lipinski definition) is 1. The first kappa shape index (κ1) is 22.1. The van der Waals surface area contributed by atoms with Crippen LogP contribution in [0.25, 0.3) is 0 Å². The fourth-order valence-electron chi connectivity index (χ4n) is 11.6. The Morgan fingerprint density at radius 1 is 0.781 bits per heavy atom. The molecule has 0 radical (unpaired) electrons. The summed E-state index contributed by atoms with van der Waals surface area (Å²) < 4.78 is 6.49. The average molecular weight is 441 g/mol. The van der Waals surface area contributed by atoms with Gasteiger partial charge in [0.2, 0.25) is 0 Å². The third kappa shape index (κ3) is 2.31. The average Bonchev–Trinajstić information content (AvgIpc) is 2.73. The summed E-state index contributed by atoms with van der Waals surface area (Å²) in [7, 11) is 0. The van der Waals surface area contributed by atoms with Gasteiger partial charge >= 0.3 is 0 Å². The van der Waals surface area contributed by atoms with E-state index < -0.39 is 0 Å². The summed E-state index contributed by atoms with van der Waals surface area (Å²) in [5, 5.41) is 10.9. The van der Waals surface area contributed by atoms with E-state index in [4.69, 9.17) is 4.74 Å². The molecule has 4 saturated carbocycles. The molecule has 1 spiro atoms. The van der Waals surface area contributed by atoms with Gasteiger partial charge < -0.3 is 9.84 Å². The van der Waals surface area contributed by atoms with E-state index in [0.29, 0.717) is 33.5 Å². The van der Waals surface area contributed by atoms with Gasteiger partial charge in [0.05, 0.1) is 18.3 Å². The molecule has 2 nitrogen and oxygen atoms in total. The number of aliphatic hydroxyl groups is 1. The van der Waals surface area contributed by atoms with Gasteiger partial charge in [-0.05, 0) is 110 Å². The van der Waals surface area contributed by atoms with Gasteiger partial charge in [0.1, 0.15) is 0 Å². The van der Waals surface area contributed by atoms with E-state index >= 15 is 0 Å². The number of aliphatic hydroxyl groups excluding tert-OH is 1. The molecule has 2 heteroatoms. The highest BCUT2D eigenvalue weighted by molar-refractivity contribution is 5.27. The molecular formula is C30H48O2. The van der Waals surface area contributed by atoms with Gasteiger partial charge in [-0.2, -0.15) is 0 Å². The van der Waals surface area contributed by atoms with Crippen LogP contribution in [0.2, 0.25) is 0 Å². The molecule has 0 aromatic rings. The smallest absolute Gasteiger partial charge is 0.0863 e.